The predicted octanol–water partition coefficient (Wildman–Crippen LogP) is 2.45. The number of aromatic nitrogens is 5. The van der Waals surface area contributed by atoms with E-state index in [2.05, 4.69) is 34.8 Å². The third kappa shape index (κ3) is 3.48. The summed E-state index contributed by atoms with van der Waals surface area (Å²) in [5, 5.41) is 2.09. The number of nitrogens with two attached hydrogens (primary N) is 1. The largest absolute Gasteiger partial charge is 0.368 e. The van der Waals surface area contributed by atoms with Gasteiger partial charge in [-0.2, -0.15) is 4.98 Å². The molecule has 0 aromatic carbocycles. The predicted molar refractivity (Wildman–Crippen MR) is 98.8 cm³/mol. The van der Waals surface area contributed by atoms with Crippen LogP contribution in [0.15, 0.2) is 29.4 Å². The van der Waals surface area contributed by atoms with Crippen molar-refractivity contribution in [2.75, 3.05) is 23.7 Å². The van der Waals surface area contributed by atoms with Crippen molar-refractivity contribution >= 4 is 23.1 Å². The summed E-state index contributed by atoms with van der Waals surface area (Å²) in [5.41, 5.74) is 9.67. The molecule has 0 saturated carbocycles. The molecule has 130 valence electrons. The Bertz CT molecular complexity index is 822. The van der Waals surface area contributed by atoms with Crippen LogP contribution in [0, 0.1) is 6.92 Å². The molecule has 1 atom stereocenters. The lowest BCUT2D eigenvalue weighted by atomic mass is 9.97. The van der Waals surface area contributed by atoms with Crippen molar-refractivity contribution in [1.82, 2.24) is 24.5 Å². The second-order valence-corrected chi connectivity index (χ2v) is 7.12. The van der Waals surface area contributed by atoms with Crippen molar-refractivity contribution in [3.63, 3.8) is 0 Å². The molecule has 0 radical (unpaired) electrons. The third-order valence-electron chi connectivity index (χ3n) is 4.53. The number of aryl methyl sites for hydroxylation is 1. The van der Waals surface area contributed by atoms with E-state index in [1.54, 1.807) is 11.3 Å². The fourth-order valence-corrected chi connectivity index (χ4v) is 3.99. The zero-order valence-corrected chi connectivity index (χ0v) is 15.0. The van der Waals surface area contributed by atoms with E-state index in [1.807, 2.05) is 30.9 Å². The molecule has 3 aromatic heterocycles. The molecule has 1 fully saturated rings. The van der Waals surface area contributed by atoms with Gasteiger partial charge >= 0.3 is 0 Å². The highest BCUT2D eigenvalue weighted by Crippen LogP contribution is 2.29. The molecule has 0 amide bonds. The topological polar surface area (TPSA) is 85.8 Å². The highest BCUT2D eigenvalue weighted by Gasteiger charge is 2.26. The van der Waals surface area contributed by atoms with Crippen molar-refractivity contribution in [2.45, 2.75) is 32.2 Å². The molecule has 8 heteroatoms. The summed E-state index contributed by atoms with van der Waals surface area (Å²) in [5.74, 6) is 2.74. The number of thiazole rings is 1. The lowest BCUT2D eigenvalue weighted by Crippen LogP contribution is -2.36. The Hall–Kier alpha value is -2.48. The van der Waals surface area contributed by atoms with Gasteiger partial charge in [-0.25, -0.2) is 15.0 Å². The van der Waals surface area contributed by atoms with Crippen molar-refractivity contribution in [1.29, 1.82) is 0 Å². The zero-order chi connectivity index (χ0) is 17.2. The molecule has 1 aliphatic rings. The number of rotatable bonds is 4. The quantitative estimate of drug-likeness (QED) is 0.774. The first kappa shape index (κ1) is 16.0. The summed E-state index contributed by atoms with van der Waals surface area (Å²) in [6.45, 7) is 4.60. The SMILES string of the molecule is Cc1cc(N2CCC[C@@H](c3nccn3Cc3cscn3)C2)nc(N)n1. The Labute approximate surface area is 150 Å². The number of nitrogens with zero attached hydrogens (tertiary/aromatic N) is 6. The van der Waals surface area contributed by atoms with Crippen LogP contribution in [0.4, 0.5) is 11.8 Å². The average Bonchev–Trinajstić information content (AvgIpc) is 3.26. The first-order valence-electron chi connectivity index (χ1n) is 8.43. The van der Waals surface area contributed by atoms with Gasteiger partial charge in [-0.05, 0) is 19.8 Å². The monoisotopic (exact) mass is 355 g/mol. The average molecular weight is 355 g/mol. The van der Waals surface area contributed by atoms with Crippen LogP contribution >= 0.6 is 11.3 Å². The van der Waals surface area contributed by atoms with Gasteiger partial charge in [0.05, 0.1) is 17.7 Å². The van der Waals surface area contributed by atoms with E-state index in [-0.39, 0.29) is 0 Å². The van der Waals surface area contributed by atoms with Gasteiger partial charge in [-0.3, -0.25) is 0 Å². The first-order valence-corrected chi connectivity index (χ1v) is 9.37. The summed E-state index contributed by atoms with van der Waals surface area (Å²) < 4.78 is 2.21. The number of hydrogen-bond acceptors (Lipinski definition) is 7. The van der Waals surface area contributed by atoms with Gasteiger partial charge in [-0.1, -0.05) is 0 Å². The Morgan fingerprint density at radius 3 is 3.04 bits per heavy atom. The Kier molecular flexibility index (Phi) is 4.35. The van der Waals surface area contributed by atoms with Crippen LogP contribution in [-0.4, -0.2) is 37.6 Å². The van der Waals surface area contributed by atoms with E-state index in [4.69, 9.17) is 5.73 Å². The van der Waals surface area contributed by atoms with Gasteiger partial charge in [-0.15, -0.1) is 11.3 Å². The zero-order valence-electron chi connectivity index (χ0n) is 14.2. The van der Waals surface area contributed by atoms with Gasteiger partial charge in [0.25, 0.3) is 0 Å². The second kappa shape index (κ2) is 6.79. The molecule has 2 N–H and O–H groups in total. The fourth-order valence-electron chi connectivity index (χ4n) is 3.44. The van der Waals surface area contributed by atoms with Gasteiger partial charge < -0.3 is 15.2 Å². The summed E-state index contributed by atoms with van der Waals surface area (Å²) in [6.07, 6.45) is 6.16. The summed E-state index contributed by atoms with van der Waals surface area (Å²) in [7, 11) is 0. The number of anilines is 2. The maximum absolute atomic E-state index is 5.82. The van der Waals surface area contributed by atoms with E-state index in [1.165, 1.54) is 0 Å². The molecule has 25 heavy (non-hydrogen) atoms. The number of piperidine rings is 1. The smallest absolute Gasteiger partial charge is 0.222 e. The molecular formula is C17H21N7S. The van der Waals surface area contributed by atoms with Crippen LogP contribution in [0.25, 0.3) is 0 Å². The molecule has 4 heterocycles. The van der Waals surface area contributed by atoms with Crippen molar-refractivity contribution < 1.29 is 0 Å². The minimum absolute atomic E-state index is 0.335. The summed E-state index contributed by atoms with van der Waals surface area (Å²) >= 11 is 1.62. The van der Waals surface area contributed by atoms with Crippen molar-refractivity contribution in [2.24, 2.45) is 0 Å². The highest BCUT2D eigenvalue weighted by atomic mass is 32.1. The summed E-state index contributed by atoms with van der Waals surface area (Å²) in [4.78, 5) is 19.9. The van der Waals surface area contributed by atoms with Gasteiger partial charge in [0.1, 0.15) is 11.6 Å². The van der Waals surface area contributed by atoms with Crippen LogP contribution in [0.1, 0.15) is 36.0 Å². The van der Waals surface area contributed by atoms with Crippen LogP contribution in [0.3, 0.4) is 0 Å². The highest BCUT2D eigenvalue weighted by molar-refractivity contribution is 7.07. The lowest BCUT2D eigenvalue weighted by molar-refractivity contribution is 0.473. The van der Waals surface area contributed by atoms with Crippen LogP contribution < -0.4 is 10.6 Å². The van der Waals surface area contributed by atoms with Gasteiger partial charge in [0.2, 0.25) is 5.95 Å². The van der Waals surface area contributed by atoms with Crippen molar-refractivity contribution in [3.8, 4) is 0 Å². The number of hydrogen-bond donors (Lipinski definition) is 1. The molecule has 0 aliphatic carbocycles. The van der Waals surface area contributed by atoms with E-state index in [9.17, 15) is 0 Å². The standard InChI is InChI=1S/C17H21N7S/c1-12-7-15(22-17(18)21-12)23-5-2-3-13(8-23)16-19-4-6-24(16)9-14-10-25-11-20-14/h4,6-7,10-11,13H,2-3,5,8-9H2,1H3,(H2,18,21,22)/t13-/m1/s1. The molecule has 0 spiro atoms. The molecular weight excluding hydrogens is 334 g/mol. The molecule has 1 aliphatic heterocycles. The van der Waals surface area contributed by atoms with Gasteiger partial charge in [0.15, 0.2) is 0 Å². The van der Waals surface area contributed by atoms with E-state index < -0.39 is 0 Å². The molecule has 0 bridgehead atoms. The number of nitrogen functional groups attached to an aromatic ring is 1. The van der Waals surface area contributed by atoms with Crippen LogP contribution in [-0.2, 0) is 6.54 Å². The minimum atomic E-state index is 0.335. The fraction of sp³-hybridized carbons (Fsp3) is 0.412. The number of imidazole rings is 1. The van der Waals surface area contributed by atoms with Crippen LogP contribution in [0.5, 0.6) is 0 Å². The van der Waals surface area contributed by atoms with Gasteiger partial charge in [0, 0.05) is 48.5 Å². The van der Waals surface area contributed by atoms with Crippen LogP contribution in [0.2, 0.25) is 0 Å². The van der Waals surface area contributed by atoms with E-state index in [0.29, 0.717) is 11.9 Å². The Morgan fingerprint density at radius 1 is 1.32 bits per heavy atom. The summed E-state index contributed by atoms with van der Waals surface area (Å²) in [6, 6.07) is 2.00. The maximum Gasteiger partial charge on any atom is 0.222 e. The molecule has 4 rings (SSSR count). The second-order valence-electron chi connectivity index (χ2n) is 6.40. The van der Waals surface area contributed by atoms with E-state index >= 15 is 0 Å². The molecule has 7 nitrogen and oxygen atoms in total. The Balaban J connectivity index is 1.55. The van der Waals surface area contributed by atoms with Crippen molar-refractivity contribution in [3.05, 3.63) is 46.6 Å². The van der Waals surface area contributed by atoms with E-state index in [0.717, 1.165) is 55.5 Å². The third-order valence-corrected chi connectivity index (χ3v) is 5.17. The Morgan fingerprint density at radius 2 is 2.24 bits per heavy atom. The molecule has 0 unspecified atom stereocenters. The first-order chi connectivity index (χ1) is 12.2. The molecule has 1 saturated heterocycles. The minimum Gasteiger partial charge on any atom is -0.368 e. The lowest BCUT2D eigenvalue weighted by Gasteiger charge is -2.33. The normalized spacial score (nSPS) is 17.8. The molecule has 3 aromatic rings. The maximum atomic E-state index is 5.82.